The molecule has 1 aromatic rings. The Morgan fingerprint density at radius 3 is 2.75 bits per heavy atom. The normalized spacial score (nSPS) is 21.6. The van der Waals surface area contributed by atoms with E-state index in [-0.39, 0.29) is 30.8 Å². The van der Waals surface area contributed by atoms with Crippen LogP contribution in [0, 0.1) is 5.41 Å². The minimum Gasteiger partial charge on any atom is -0.445 e. The van der Waals surface area contributed by atoms with E-state index in [0.29, 0.717) is 6.54 Å². The van der Waals surface area contributed by atoms with Crippen LogP contribution in [0.15, 0.2) is 30.3 Å². The molecule has 110 valence electrons. The second-order valence-electron chi connectivity index (χ2n) is 6.21. The molecule has 0 aromatic heterocycles. The lowest BCUT2D eigenvalue weighted by Crippen LogP contribution is -2.51. The number of ether oxygens (including phenoxy) is 1. The molecule has 4 nitrogen and oxygen atoms in total. The van der Waals surface area contributed by atoms with E-state index >= 15 is 0 Å². The predicted octanol–water partition coefficient (Wildman–Crippen LogP) is 2.81. The molecule has 0 aliphatic carbocycles. The molecule has 0 saturated carbocycles. The van der Waals surface area contributed by atoms with E-state index in [0.717, 1.165) is 18.4 Å². The minimum absolute atomic E-state index is 0.00346. The maximum absolute atomic E-state index is 12.2. The second-order valence-corrected chi connectivity index (χ2v) is 6.21. The van der Waals surface area contributed by atoms with E-state index in [4.69, 9.17) is 4.74 Å². The van der Waals surface area contributed by atoms with Gasteiger partial charge in [-0.05, 0) is 23.8 Å². The fourth-order valence-corrected chi connectivity index (χ4v) is 2.59. The molecular formula is C16H23NO3. The fourth-order valence-electron chi connectivity index (χ4n) is 2.59. The molecule has 0 spiro atoms. The number of rotatable bonds is 3. The topological polar surface area (TPSA) is 49.8 Å². The molecule has 1 N–H and O–H groups in total. The van der Waals surface area contributed by atoms with Crippen LogP contribution in [-0.4, -0.2) is 35.3 Å². The van der Waals surface area contributed by atoms with Crippen LogP contribution in [0.5, 0.6) is 0 Å². The van der Waals surface area contributed by atoms with E-state index in [1.54, 1.807) is 4.90 Å². The van der Waals surface area contributed by atoms with Crippen LogP contribution >= 0.6 is 0 Å². The van der Waals surface area contributed by atoms with E-state index in [1.165, 1.54) is 0 Å². The summed E-state index contributed by atoms with van der Waals surface area (Å²) in [5.74, 6) is 0. The van der Waals surface area contributed by atoms with Crippen LogP contribution in [0.1, 0.15) is 32.3 Å². The molecule has 1 heterocycles. The summed E-state index contributed by atoms with van der Waals surface area (Å²) in [5, 5.41) is 9.42. The van der Waals surface area contributed by atoms with Gasteiger partial charge in [-0.25, -0.2) is 4.79 Å². The highest BCUT2D eigenvalue weighted by Crippen LogP contribution is 2.32. The number of hydrogen-bond acceptors (Lipinski definition) is 3. The molecule has 2 rings (SSSR count). The van der Waals surface area contributed by atoms with Crippen molar-refractivity contribution in [3.05, 3.63) is 35.9 Å². The summed E-state index contributed by atoms with van der Waals surface area (Å²) >= 11 is 0. The maximum Gasteiger partial charge on any atom is 0.410 e. The smallest absolute Gasteiger partial charge is 0.410 e. The van der Waals surface area contributed by atoms with Gasteiger partial charge in [0.15, 0.2) is 0 Å². The SMILES string of the molecule is CC1(C)CCC(CO)N(C(=O)OCc2ccccc2)C1. The van der Waals surface area contributed by atoms with Crippen molar-refractivity contribution in [3.63, 3.8) is 0 Å². The largest absolute Gasteiger partial charge is 0.445 e. The van der Waals surface area contributed by atoms with Crippen LogP contribution in [0.25, 0.3) is 0 Å². The second kappa shape index (κ2) is 6.27. The maximum atomic E-state index is 12.2. The molecule has 1 unspecified atom stereocenters. The van der Waals surface area contributed by atoms with Gasteiger partial charge >= 0.3 is 6.09 Å². The zero-order valence-corrected chi connectivity index (χ0v) is 12.2. The lowest BCUT2D eigenvalue weighted by atomic mass is 9.81. The molecule has 1 saturated heterocycles. The highest BCUT2D eigenvalue weighted by atomic mass is 16.6. The summed E-state index contributed by atoms with van der Waals surface area (Å²) in [5.41, 5.74) is 1.05. The molecule has 4 heteroatoms. The van der Waals surface area contributed by atoms with Crippen LogP contribution in [0.4, 0.5) is 4.79 Å². The molecule has 0 radical (unpaired) electrons. The van der Waals surface area contributed by atoms with E-state index < -0.39 is 0 Å². The van der Waals surface area contributed by atoms with Crippen molar-refractivity contribution in [2.45, 2.75) is 39.3 Å². The summed E-state index contributed by atoms with van der Waals surface area (Å²) in [6.45, 7) is 5.17. The van der Waals surface area contributed by atoms with Gasteiger partial charge in [0.25, 0.3) is 0 Å². The number of piperidine rings is 1. The lowest BCUT2D eigenvalue weighted by Gasteiger charge is -2.42. The number of carbonyl (C=O) groups excluding carboxylic acids is 1. The van der Waals surface area contributed by atoms with Crippen molar-refractivity contribution < 1.29 is 14.6 Å². The number of aliphatic hydroxyl groups is 1. The molecule has 1 fully saturated rings. The van der Waals surface area contributed by atoms with Gasteiger partial charge < -0.3 is 14.7 Å². The van der Waals surface area contributed by atoms with E-state index in [9.17, 15) is 9.90 Å². The van der Waals surface area contributed by atoms with Crippen LogP contribution in [0.3, 0.4) is 0 Å². The number of benzene rings is 1. The average Bonchev–Trinajstić information content (AvgIpc) is 2.45. The molecule has 1 atom stereocenters. The molecule has 1 aromatic carbocycles. The van der Waals surface area contributed by atoms with Crippen molar-refractivity contribution in [2.24, 2.45) is 5.41 Å². The van der Waals surface area contributed by atoms with E-state index in [1.807, 2.05) is 30.3 Å². The third-order valence-electron chi connectivity index (χ3n) is 3.84. The highest BCUT2D eigenvalue weighted by molar-refractivity contribution is 5.68. The van der Waals surface area contributed by atoms with Crippen LogP contribution in [0.2, 0.25) is 0 Å². The third-order valence-corrected chi connectivity index (χ3v) is 3.84. The first kappa shape index (κ1) is 14.9. The standard InChI is InChI=1S/C16H23NO3/c1-16(2)9-8-14(10-18)17(12-16)15(19)20-11-13-6-4-3-5-7-13/h3-7,14,18H,8-12H2,1-2H3. The summed E-state index contributed by atoms with van der Waals surface area (Å²) < 4.78 is 5.37. The highest BCUT2D eigenvalue weighted by Gasteiger charge is 2.36. The summed E-state index contributed by atoms with van der Waals surface area (Å²) in [4.78, 5) is 13.9. The molecule has 1 aliphatic heterocycles. The average molecular weight is 277 g/mol. The molecular weight excluding hydrogens is 254 g/mol. The Bertz CT molecular complexity index is 444. The Balaban J connectivity index is 1.95. The number of carbonyl (C=O) groups is 1. The first-order valence-electron chi connectivity index (χ1n) is 7.10. The van der Waals surface area contributed by atoms with Gasteiger partial charge in [0, 0.05) is 6.54 Å². The van der Waals surface area contributed by atoms with Gasteiger partial charge in [-0.3, -0.25) is 0 Å². The van der Waals surface area contributed by atoms with Crippen LogP contribution in [-0.2, 0) is 11.3 Å². The number of aliphatic hydroxyl groups excluding tert-OH is 1. The molecule has 20 heavy (non-hydrogen) atoms. The van der Waals surface area contributed by atoms with Crippen molar-refractivity contribution in [3.8, 4) is 0 Å². The zero-order chi connectivity index (χ0) is 14.6. The zero-order valence-electron chi connectivity index (χ0n) is 12.2. The summed E-state index contributed by atoms with van der Waals surface area (Å²) in [6, 6.07) is 9.51. The Morgan fingerprint density at radius 2 is 2.10 bits per heavy atom. The Labute approximate surface area is 120 Å². The van der Waals surface area contributed by atoms with Gasteiger partial charge in [-0.1, -0.05) is 44.2 Å². The minimum atomic E-state index is -0.333. The monoisotopic (exact) mass is 277 g/mol. The first-order chi connectivity index (χ1) is 9.52. The van der Waals surface area contributed by atoms with Gasteiger partial charge in [0.1, 0.15) is 6.61 Å². The van der Waals surface area contributed by atoms with Gasteiger partial charge in [0.2, 0.25) is 0 Å². The van der Waals surface area contributed by atoms with E-state index in [2.05, 4.69) is 13.8 Å². The van der Waals surface area contributed by atoms with Crippen molar-refractivity contribution in [1.29, 1.82) is 0 Å². The summed E-state index contributed by atoms with van der Waals surface area (Å²) in [6.07, 6.45) is 1.51. The number of hydrogen-bond donors (Lipinski definition) is 1. The Hall–Kier alpha value is -1.55. The Kier molecular flexibility index (Phi) is 4.65. The quantitative estimate of drug-likeness (QED) is 0.924. The predicted molar refractivity (Wildman–Crippen MR) is 77.2 cm³/mol. The Morgan fingerprint density at radius 1 is 1.40 bits per heavy atom. The lowest BCUT2D eigenvalue weighted by molar-refractivity contribution is 0.0166. The van der Waals surface area contributed by atoms with Crippen LogP contribution < -0.4 is 0 Å². The molecule has 0 bridgehead atoms. The first-order valence-corrected chi connectivity index (χ1v) is 7.10. The van der Waals surface area contributed by atoms with Gasteiger partial charge in [-0.2, -0.15) is 0 Å². The molecule has 1 amide bonds. The fraction of sp³-hybridized carbons (Fsp3) is 0.562. The van der Waals surface area contributed by atoms with Crippen molar-refractivity contribution in [1.82, 2.24) is 4.90 Å². The number of amides is 1. The summed E-state index contributed by atoms with van der Waals surface area (Å²) in [7, 11) is 0. The van der Waals surface area contributed by atoms with Gasteiger partial charge in [-0.15, -0.1) is 0 Å². The number of likely N-dealkylation sites (tertiary alicyclic amines) is 1. The number of nitrogens with zero attached hydrogens (tertiary/aromatic N) is 1. The third kappa shape index (κ3) is 3.73. The van der Waals surface area contributed by atoms with Crippen molar-refractivity contribution in [2.75, 3.05) is 13.2 Å². The van der Waals surface area contributed by atoms with Gasteiger partial charge in [0.05, 0.1) is 12.6 Å². The van der Waals surface area contributed by atoms with Crippen molar-refractivity contribution >= 4 is 6.09 Å². The molecule has 1 aliphatic rings.